The predicted octanol–water partition coefficient (Wildman–Crippen LogP) is -0.905. The average Bonchev–Trinajstić information content (AvgIpc) is 2.33. The zero-order valence-corrected chi connectivity index (χ0v) is 10.1. The summed E-state index contributed by atoms with van der Waals surface area (Å²) >= 11 is 0. The zero-order chi connectivity index (χ0) is 15.1. The van der Waals surface area contributed by atoms with Gasteiger partial charge in [0.15, 0.2) is 0 Å². The van der Waals surface area contributed by atoms with E-state index in [2.05, 4.69) is 10.7 Å². The lowest BCUT2D eigenvalue weighted by Gasteiger charge is -2.24. The Balaban J connectivity index is 0.000000982. The van der Waals surface area contributed by atoms with Gasteiger partial charge in [-0.1, -0.05) is 24.3 Å². The molecule has 0 saturated heterocycles. The van der Waals surface area contributed by atoms with Gasteiger partial charge < -0.3 is 20.2 Å². The molecule has 1 aliphatic carbocycles. The summed E-state index contributed by atoms with van der Waals surface area (Å²) in [6.07, 6.45) is 3.07. The third-order valence-corrected chi connectivity index (χ3v) is 2.27. The van der Waals surface area contributed by atoms with E-state index in [0.29, 0.717) is 0 Å². The van der Waals surface area contributed by atoms with Crippen LogP contribution in [-0.2, 0) is 19.2 Å². The van der Waals surface area contributed by atoms with Crippen LogP contribution in [0.5, 0.6) is 0 Å². The molecule has 0 spiro atoms. The van der Waals surface area contributed by atoms with Crippen LogP contribution >= 0.6 is 0 Å². The summed E-state index contributed by atoms with van der Waals surface area (Å²) in [6.45, 7) is 0. The third-order valence-electron chi connectivity index (χ3n) is 2.27. The van der Waals surface area contributed by atoms with Gasteiger partial charge in [0.2, 0.25) is 5.78 Å². The Morgan fingerprint density at radius 2 is 1.68 bits per heavy atom. The summed E-state index contributed by atoms with van der Waals surface area (Å²) in [4.78, 5) is 36.1. The van der Waals surface area contributed by atoms with Crippen LogP contribution in [0.2, 0.25) is 0 Å². The number of Topliss-reactive ketones (excluding diaryl/α,β-unsaturated/α-hetero) is 1. The van der Waals surface area contributed by atoms with Crippen LogP contribution in [-0.4, -0.2) is 46.3 Å². The molecule has 0 aromatic heterocycles. The average molecular weight is 273 g/mol. The Labute approximate surface area is 108 Å². The van der Waals surface area contributed by atoms with Gasteiger partial charge in [0.25, 0.3) is 0 Å². The number of carbonyl (C=O) groups is 3. The van der Waals surface area contributed by atoms with Gasteiger partial charge in [-0.25, -0.2) is 10.7 Å². The summed E-state index contributed by atoms with van der Waals surface area (Å²) in [5.74, 6) is 0.156. The van der Waals surface area contributed by atoms with Crippen LogP contribution in [0.25, 0.3) is 0 Å². The summed E-state index contributed by atoms with van der Waals surface area (Å²) in [6, 6.07) is 0. The highest BCUT2D eigenvalue weighted by atomic mass is 16.6. The van der Waals surface area contributed by atoms with E-state index in [9.17, 15) is 14.4 Å². The number of aliphatic hydroxyl groups is 1. The van der Waals surface area contributed by atoms with E-state index >= 15 is 0 Å². The van der Waals surface area contributed by atoms with Crippen LogP contribution in [0.15, 0.2) is 24.3 Å². The molecule has 19 heavy (non-hydrogen) atoms. The first-order valence-corrected chi connectivity index (χ1v) is 5.08. The quantitative estimate of drug-likeness (QED) is 0.292. The molecule has 106 valence electrons. The fraction of sp³-hybridized carbons (Fsp3) is 0.364. The van der Waals surface area contributed by atoms with Crippen molar-refractivity contribution in [1.29, 1.82) is 0 Å². The first-order valence-electron chi connectivity index (χ1n) is 5.08. The Kier molecular flexibility index (Phi) is 6.62. The fourth-order valence-corrected chi connectivity index (χ4v) is 1.34. The number of carboxylic acids is 2. The lowest BCUT2D eigenvalue weighted by atomic mass is 9.79. The normalized spacial score (nSPS) is 24.3. The molecule has 5 N–H and O–H groups in total. The first-order chi connectivity index (χ1) is 8.79. The van der Waals surface area contributed by atoms with Crippen molar-refractivity contribution in [1.82, 2.24) is 0 Å². The Morgan fingerprint density at radius 1 is 1.26 bits per heavy atom. The number of aliphatic hydroxyl groups excluding tert-OH is 1. The second-order valence-corrected chi connectivity index (χ2v) is 3.70. The van der Waals surface area contributed by atoms with E-state index in [1.54, 1.807) is 0 Å². The lowest BCUT2D eigenvalue weighted by Crippen LogP contribution is -2.34. The molecule has 8 heteroatoms. The SMILES string of the molecule is CON.O=C(O)C(=O)C[C@]1(C(=O)O)C=C[C@@H](O)C=C1. The molecule has 0 saturated carbocycles. The van der Waals surface area contributed by atoms with E-state index < -0.39 is 35.7 Å². The topological polar surface area (TPSA) is 147 Å². The van der Waals surface area contributed by atoms with Gasteiger partial charge in [-0.2, -0.15) is 0 Å². The summed E-state index contributed by atoms with van der Waals surface area (Å²) in [7, 11) is 1.40. The number of rotatable bonds is 4. The summed E-state index contributed by atoms with van der Waals surface area (Å²) in [5, 5.41) is 26.5. The van der Waals surface area contributed by atoms with E-state index in [0.717, 1.165) is 12.2 Å². The molecule has 8 nitrogen and oxygen atoms in total. The standard InChI is InChI=1S/C10H10O6.CH5NO/c11-6-1-3-10(4-2-6,9(15)16)5-7(12)8(13)14;1-3-2/h1-4,6,11H,5H2,(H,13,14)(H,15,16);2H2,1H3/t6-,10+;. The molecule has 0 radical (unpaired) electrons. The molecule has 0 aromatic carbocycles. The molecule has 0 bridgehead atoms. The van der Waals surface area contributed by atoms with Crippen LogP contribution in [0, 0.1) is 5.41 Å². The van der Waals surface area contributed by atoms with Crippen molar-refractivity contribution in [3.05, 3.63) is 24.3 Å². The van der Waals surface area contributed by atoms with Crippen LogP contribution in [0.1, 0.15) is 6.42 Å². The molecule has 0 atom stereocenters. The zero-order valence-electron chi connectivity index (χ0n) is 10.1. The predicted molar refractivity (Wildman–Crippen MR) is 62.8 cm³/mol. The molecular formula is C11H15NO7. The minimum absolute atomic E-state index is 0.669. The smallest absolute Gasteiger partial charge is 0.372 e. The van der Waals surface area contributed by atoms with Gasteiger partial charge in [0.05, 0.1) is 13.2 Å². The maximum Gasteiger partial charge on any atom is 0.372 e. The number of carboxylic acid groups (broad SMARTS) is 2. The minimum Gasteiger partial charge on any atom is -0.480 e. The second kappa shape index (κ2) is 7.41. The van der Waals surface area contributed by atoms with Crippen LogP contribution < -0.4 is 5.90 Å². The lowest BCUT2D eigenvalue weighted by molar-refractivity contribution is -0.152. The number of carbonyl (C=O) groups excluding carboxylic acids is 1. The third kappa shape index (κ3) is 5.00. The molecule has 0 amide bonds. The van der Waals surface area contributed by atoms with Gasteiger partial charge in [0.1, 0.15) is 5.41 Å². The van der Waals surface area contributed by atoms with E-state index in [1.165, 1.54) is 19.3 Å². The van der Waals surface area contributed by atoms with E-state index in [4.69, 9.17) is 15.3 Å². The van der Waals surface area contributed by atoms with E-state index in [-0.39, 0.29) is 0 Å². The summed E-state index contributed by atoms with van der Waals surface area (Å²) in [5.41, 5.74) is -1.67. The number of aliphatic carboxylic acids is 2. The van der Waals surface area contributed by atoms with Crippen molar-refractivity contribution in [2.45, 2.75) is 12.5 Å². The minimum atomic E-state index is -1.67. The molecular weight excluding hydrogens is 258 g/mol. The van der Waals surface area contributed by atoms with Crippen molar-refractivity contribution < 1.29 is 34.5 Å². The molecule has 0 heterocycles. The Morgan fingerprint density at radius 3 is 2.00 bits per heavy atom. The fourth-order valence-electron chi connectivity index (χ4n) is 1.34. The molecule has 1 rings (SSSR count). The Bertz CT molecular complexity index is 399. The molecule has 0 unspecified atom stereocenters. The van der Waals surface area contributed by atoms with Gasteiger partial charge in [-0.05, 0) is 0 Å². The highest BCUT2D eigenvalue weighted by molar-refractivity contribution is 6.33. The van der Waals surface area contributed by atoms with Gasteiger partial charge in [-0.3, -0.25) is 9.59 Å². The summed E-state index contributed by atoms with van der Waals surface area (Å²) < 4.78 is 0. The number of hydrogen-bond donors (Lipinski definition) is 4. The maximum absolute atomic E-state index is 11.0. The Hall–Kier alpha value is -2.03. The van der Waals surface area contributed by atoms with Crippen LogP contribution in [0.3, 0.4) is 0 Å². The number of hydrogen-bond acceptors (Lipinski definition) is 6. The van der Waals surface area contributed by atoms with Gasteiger partial charge in [-0.15, -0.1) is 0 Å². The van der Waals surface area contributed by atoms with Crippen LogP contribution in [0.4, 0.5) is 0 Å². The molecule has 0 aromatic rings. The molecule has 0 aliphatic heterocycles. The van der Waals surface area contributed by atoms with Crippen molar-refractivity contribution in [3.8, 4) is 0 Å². The maximum atomic E-state index is 11.0. The van der Waals surface area contributed by atoms with Crippen molar-refractivity contribution >= 4 is 17.7 Å². The van der Waals surface area contributed by atoms with Gasteiger partial charge >= 0.3 is 11.9 Å². The molecule has 1 aliphatic rings. The van der Waals surface area contributed by atoms with Gasteiger partial charge in [0, 0.05) is 6.42 Å². The second-order valence-electron chi connectivity index (χ2n) is 3.70. The van der Waals surface area contributed by atoms with E-state index in [1.807, 2.05) is 0 Å². The largest absolute Gasteiger partial charge is 0.480 e. The number of ketones is 1. The highest BCUT2D eigenvalue weighted by Gasteiger charge is 2.38. The number of nitrogens with two attached hydrogens (primary N) is 1. The molecule has 0 fully saturated rings. The van der Waals surface area contributed by atoms with Crippen molar-refractivity contribution in [3.63, 3.8) is 0 Å². The first kappa shape index (κ1) is 17.0. The van der Waals surface area contributed by atoms with Crippen molar-refractivity contribution in [2.75, 3.05) is 7.11 Å². The highest BCUT2D eigenvalue weighted by Crippen LogP contribution is 2.30. The van der Waals surface area contributed by atoms with Crippen molar-refractivity contribution in [2.24, 2.45) is 11.3 Å². The monoisotopic (exact) mass is 273 g/mol.